The van der Waals surface area contributed by atoms with Gasteiger partial charge in [0.2, 0.25) is 5.91 Å². The van der Waals surface area contributed by atoms with Crippen molar-refractivity contribution in [1.29, 1.82) is 0 Å². The summed E-state index contributed by atoms with van der Waals surface area (Å²) in [5.41, 5.74) is 4.15. The van der Waals surface area contributed by atoms with E-state index in [1.54, 1.807) is 6.07 Å². The third-order valence-electron chi connectivity index (χ3n) is 7.05. The van der Waals surface area contributed by atoms with Crippen molar-refractivity contribution >= 4 is 27.5 Å². The SMILES string of the molecule is Cc1ccc(CCNCCC(=O)N(CCNCCc2ccc(O)c3[nH]c(=O)sc23)C2CCCC2)cc1. The summed E-state index contributed by atoms with van der Waals surface area (Å²) in [6, 6.07) is 12.5. The minimum absolute atomic E-state index is 0.107. The van der Waals surface area contributed by atoms with E-state index < -0.39 is 0 Å². The highest BCUT2D eigenvalue weighted by Gasteiger charge is 2.25. The number of phenolic OH excluding ortho intramolecular Hbond substituents is 1. The number of aromatic hydroxyl groups is 1. The van der Waals surface area contributed by atoms with Gasteiger partial charge in [-0.3, -0.25) is 9.59 Å². The zero-order chi connectivity index (χ0) is 25.3. The Morgan fingerprint density at radius 1 is 1.03 bits per heavy atom. The van der Waals surface area contributed by atoms with Crippen LogP contribution in [0.5, 0.6) is 5.75 Å². The molecule has 1 saturated carbocycles. The predicted octanol–water partition coefficient (Wildman–Crippen LogP) is 3.73. The lowest BCUT2D eigenvalue weighted by atomic mass is 10.1. The molecule has 0 radical (unpaired) electrons. The van der Waals surface area contributed by atoms with E-state index in [4.69, 9.17) is 0 Å². The summed E-state index contributed by atoms with van der Waals surface area (Å²) >= 11 is 1.13. The fourth-order valence-electron chi connectivity index (χ4n) is 5.00. The van der Waals surface area contributed by atoms with E-state index in [-0.39, 0.29) is 16.5 Å². The van der Waals surface area contributed by atoms with Gasteiger partial charge in [-0.25, -0.2) is 0 Å². The second-order valence-electron chi connectivity index (χ2n) is 9.72. The largest absolute Gasteiger partial charge is 0.506 e. The van der Waals surface area contributed by atoms with Gasteiger partial charge in [0.05, 0.1) is 4.70 Å². The van der Waals surface area contributed by atoms with Crippen molar-refractivity contribution in [1.82, 2.24) is 20.5 Å². The Kier molecular flexibility index (Phi) is 9.55. The van der Waals surface area contributed by atoms with Crippen molar-refractivity contribution in [2.45, 2.75) is 57.9 Å². The van der Waals surface area contributed by atoms with Crippen molar-refractivity contribution in [3.05, 3.63) is 62.8 Å². The molecule has 0 atom stereocenters. The number of rotatable bonds is 13. The van der Waals surface area contributed by atoms with Gasteiger partial charge in [0, 0.05) is 32.1 Å². The zero-order valence-electron chi connectivity index (χ0n) is 21.1. The van der Waals surface area contributed by atoms with E-state index in [0.29, 0.717) is 24.5 Å². The number of hydrogen-bond donors (Lipinski definition) is 4. The monoisotopic (exact) mass is 510 g/mol. The fraction of sp³-hybridized carbons (Fsp3) is 0.500. The van der Waals surface area contributed by atoms with E-state index in [0.717, 1.165) is 73.5 Å². The van der Waals surface area contributed by atoms with Crippen LogP contribution in [0, 0.1) is 6.92 Å². The van der Waals surface area contributed by atoms with E-state index >= 15 is 0 Å². The Balaban J connectivity index is 1.19. The molecular weight excluding hydrogens is 472 g/mol. The van der Waals surface area contributed by atoms with Gasteiger partial charge in [0.15, 0.2) is 0 Å². The normalized spacial score (nSPS) is 14.0. The third-order valence-corrected chi connectivity index (χ3v) is 8.01. The molecule has 4 rings (SSSR count). The molecule has 194 valence electrons. The van der Waals surface area contributed by atoms with Crippen LogP contribution in [0.15, 0.2) is 41.2 Å². The van der Waals surface area contributed by atoms with Crippen LogP contribution in [0.2, 0.25) is 0 Å². The predicted molar refractivity (Wildman–Crippen MR) is 147 cm³/mol. The summed E-state index contributed by atoms with van der Waals surface area (Å²) in [6.07, 6.45) is 6.86. The molecular formula is C28H38N4O3S. The molecule has 0 saturated heterocycles. The molecule has 0 unspecified atom stereocenters. The Bertz CT molecular complexity index is 1180. The maximum absolute atomic E-state index is 13.1. The molecule has 0 spiro atoms. The van der Waals surface area contributed by atoms with Crippen LogP contribution in [0.3, 0.4) is 0 Å². The highest BCUT2D eigenvalue weighted by Crippen LogP contribution is 2.28. The molecule has 3 aromatic rings. The number of phenols is 1. The number of hydrogen-bond acceptors (Lipinski definition) is 6. The van der Waals surface area contributed by atoms with Crippen molar-refractivity contribution < 1.29 is 9.90 Å². The molecule has 0 bridgehead atoms. The first-order chi connectivity index (χ1) is 17.5. The first kappa shape index (κ1) is 26.4. The number of benzene rings is 2. The Hall–Kier alpha value is -2.68. The average Bonchev–Trinajstić information content (AvgIpc) is 3.54. The van der Waals surface area contributed by atoms with E-state index in [9.17, 15) is 14.7 Å². The van der Waals surface area contributed by atoms with Gasteiger partial charge >= 0.3 is 4.87 Å². The van der Waals surface area contributed by atoms with Gasteiger partial charge in [-0.05, 0) is 62.9 Å². The van der Waals surface area contributed by atoms with Gasteiger partial charge in [-0.1, -0.05) is 60.1 Å². The van der Waals surface area contributed by atoms with Crippen LogP contribution in [0.25, 0.3) is 10.2 Å². The maximum Gasteiger partial charge on any atom is 0.305 e. The van der Waals surface area contributed by atoms with Crippen LogP contribution < -0.4 is 15.5 Å². The van der Waals surface area contributed by atoms with Crippen molar-refractivity contribution in [3.63, 3.8) is 0 Å². The number of thiazole rings is 1. The molecule has 4 N–H and O–H groups in total. The van der Waals surface area contributed by atoms with Gasteiger partial charge < -0.3 is 25.6 Å². The van der Waals surface area contributed by atoms with E-state index in [1.165, 1.54) is 24.0 Å². The van der Waals surface area contributed by atoms with Gasteiger partial charge in [-0.2, -0.15) is 0 Å². The smallest absolute Gasteiger partial charge is 0.305 e. The number of fused-ring (bicyclic) bond motifs is 1. The number of carbonyl (C=O) groups is 1. The standard InChI is InChI=1S/C28H38N4O3S/c1-20-6-8-21(9-7-20)12-15-29-17-14-25(34)32(23-4-2-3-5-23)19-18-30-16-13-22-10-11-24(33)26-27(22)36-28(35)31-26/h6-11,23,29-30,33H,2-5,12-19H2,1H3,(H,31,35). The highest BCUT2D eigenvalue weighted by molar-refractivity contribution is 7.16. The van der Waals surface area contributed by atoms with E-state index in [1.807, 2.05) is 6.07 Å². The lowest BCUT2D eigenvalue weighted by molar-refractivity contribution is -0.133. The number of nitrogens with one attached hydrogen (secondary N) is 3. The summed E-state index contributed by atoms with van der Waals surface area (Å²) in [5, 5.41) is 16.9. The van der Waals surface area contributed by atoms with Gasteiger partial charge in [-0.15, -0.1) is 0 Å². The molecule has 0 aliphatic heterocycles. The fourth-order valence-corrected chi connectivity index (χ4v) is 5.89. The number of aryl methyl sites for hydroxylation is 1. The number of amides is 1. The van der Waals surface area contributed by atoms with Crippen molar-refractivity contribution in [3.8, 4) is 5.75 Å². The highest BCUT2D eigenvalue weighted by atomic mass is 32.1. The zero-order valence-corrected chi connectivity index (χ0v) is 22.0. The lowest BCUT2D eigenvalue weighted by Crippen LogP contribution is -2.44. The average molecular weight is 511 g/mol. The van der Waals surface area contributed by atoms with Gasteiger partial charge in [0.25, 0.3) is 0 Å². The summed E-state index contributed by atoms with van der Waals surface area (Å²) in [4.78, 5) is 29.4. The minimum atomic E-state index is -0.156. The molecule has 8 heteroatoms. The Morgan fingerprint density at radius 2 is 1.75 bits per heavy atom. The molecule has 1 heterocycles. The number of aromatic amines is 1. The quantitative estimate of drug-likeness (QED) is 0.263. The first-order valence-corrected chi connectivity index (χ1v) is 13.9. The third kappa shape index (κ3) is 7.18. The van der Waals surface area contributed by atoms with Crippen LogP contribution in [0.1, 0.15) is 48.8 Å². The summed E-state index contributed by atoms with van der Waals surface area (Å²) < 4.78 is 0.819. The van der Waals surface area contributed by atoms with Crippen LogP contribution in [0.4, 0.5) is 0 Å². The molecule has 36 heavy (non-hydrogen) atoms. The number of carbonyl (C=O) groups excluding carboxylic acids is 1. The first-order valence-electron chi connectivity index (χ1n) is 13.1. The molecule has 1 aliphatic rings. The molecule has 2 aromatic carbocycles. The second-order valence-corrected chi connectivity index (χ2v) is 10.7. The topological polar surface area (TPSA) is 97.5 Å². The number of nitrogens with zero attached hydrogens (tertiary/aromatic N) is 1. The molecule has 1 aliphatic carbocycles. The Morgan fingerprint density at radius 3 is 2.53 bits per heavy atom. The minimum Gasteiger partial charge on any atom is -0.506 e. The van der Waals surface area contributed by atoms with Gasteiger partial charge in [0.1, 0.15) is 11.3 Å². The second kappa shape index (κ2) is 13.0. The van der Waals surface area contributed by atoms with Crippen LogP contribution in [-0.4, -0.2) is 59.7 Å². The maximum atomic E-state index is 13.1. The number of aromatic nitrogens is 1. The lowest BCUT2D eigenvalue weighted by Gasteiger charge is -2.29. The summed E-state index contributed by atoms with van der Waals surface area (Å²) in [6.45, 7) is 5.89. The van der Waals surface area contributed by atoms with Crippen molar-refractivity contribution in [2.75, 3.05) is 32.7 Å². The Labute approximate surface area is 216 Å². The molecule has 7 nitrogen and oxygen atoms in total. The molecule has 1 amide bonds. The van der Waals surface area contributed by atoms with Crippen molar-refractivity contribution in [2.24, 2.45) is 0 Å². The van der Waals surface area contributed by atoms with Crippen LogP contribution >= 0.6 is 11.3 Å². The summed E-state index contributed by atoms with van der Waals surface area (Å²) in [7, 11) is 0. The summed E-state index contributed by atoms with van der Waals surface area (Å²) in [5.74, 6) is 0.347. The molecule has 1 fully saturated rings. The molecule has 1 aromatic heterocycles. The van der Waals surface area contributed by atoms with Crippen LogP contribution in [-0.2, 0) is 17.6 Å². The van der Waals surface area contributed by atoms with E-state index in [2.05, 4.69) is 51.7 Å². The number of H-pyrrole nitrogens is 1.